The van der Waals surface area contributed by atoms with Crippen LogP contribution in [0.3, 0.4) is 0 Å². The molecule has 0 amide bonds. The molecule has 2 aliphatic heterocycles. The van der Waals surface area contributed by atoms with Crippen LogP contribution in [0, 0.1) is 0 Å². The van der Waals surface area contributed by atoms with Gasteiger partial charge >= 0.3 is 0 Å². The number of para-hydroxylation sites is 2. The minimum absolute atomic E-state index is 0.178. The van der Waals surface area contributed by atoms with Crippen LogP contribution in [0.15, 0.2) is 144 Å². The third-order valence-electron chi connectivity index (χ3n) is 10.4. The fourth-order valence-electron chi connectivity index (χ4n) is 7.86. The van der Waals surface area contributed by atoms with E-state index in [4.69, 9.17) is 36.2 Å². The number of halogens is 2. The Balaban J connectivity index is 0.000000902. The third kappa shape index (κ3) is 7.81. The normalized spacial score (nSPS) is 20.2. The molecule has 0 saturated heterocycles. The Kier molecular flexibility index (Phi) is 10.7. The molecule has 1 saturated carbocycles. The Bertz CT molecular complexity index is 2170. The summed E-state index contributed by atoms with van der Waals surface area (Å²) in [5, 5.41) is 1.54. The number of rotatable bonds is 4. The molecule has 4 aromatic rings. The van der Waals surface area contributed by atoms with Crippen LogP contribution >= 0.6 is 23.2 Å². The second-order valence-electron chi connectivity index (χ2n) is 14.7. The summed E-state index contributed by atoms with van der Waals surface area (Å²) < 4.78 is 29.7. The first-order chi connectivity index (χ1) is 25.0. The number of likely N-dealkylation sites (N-methyl/N-ethyl adjacent to an activating group) is 2. The van der Waals surface area contributed by atoms with Gasteiger partial charge in [0.1, 0.15) is 0 Å². The van der Waals surface area contributed by atoms with Crippen molar-refractivity contribution in [1.82, 2.24) is 4.58 Å². The minimum atomic E-state index is -3.92. The summed E-state index contributed by atoms with van der Waals surface area (Å²) in [4.78, 5) is 4.62. The molecule has 7 rings (SSSR count). The highest BCUT2D eigenvalue weighted by atomic mass is 35.5. The topological polar surface area (TPSA) is 66.7 Å². The van der Waals surface area contributed by atoms with Gasteiger partial charge in [0, 0.05) is 99.4 Å². The average Bonchev–Trinajstić information content (AvgIpc) is 3.64. The van der Waals surface area contributed by atoms with Crippen molar-refractivity contribution < 1.29 is 13.0 Å². The number of nitrogens with zero attached hydrogens (tertiary/aromatic N) is 3. The molecule has 0 N–H and O–H groups in total. The Morgan fingerprint density at radius 1 is 0.642 bits per heavy atom. The van der Waals surface area contributed by atoms with E-state index in [0.717, 1.165) is 34.3 Å². The predicted octanol–water partition coefficient (Wildman–Crippen LogP) is 10.7. The molecule has 3 aliphatic rings. The van der Waals surface area contributed by atoms with Gasteiger partial charge in [0.2, 0.25) is 17.1 Å². The van der Waals surface area contributed by atoms with Gasteiger partial charge in [-0.1, -0.05) is 99.4 Å². The van der Waals surface area contributed by atoms with E-state index in [1.165, 1.54) is 50.8 Å². The molecule has 4 aromatic carbocycles. The van der Waals surface area contributed by atoms with Gasteiger partial charge in [-0.25, -0.2) is 8.42 Å². The van der Waals surface area contributed by atoms with E-state index >= 15 is 0 Å². The zero-order valence-corrected chi connectivity index (χ0v) is 33.5. The molecular weight excluding hydrogens is 721 g/mol. The van der Waals surface area contributed by atoms with Gasteiger partial charge in [-0.15, -0.1) is 0 Å². The predicted molar refractivity (Wildman–Crippen MR) is 222 cm³/mol. The summed E-state index contributed by atoms with van der Waals surface area (Å²) in [6, 6.07) is 33.9. The van der Waals surface area contributed by atoms with Crippen LogP contribution in [0.1, 0.15) is 51.7 Å². The van der Waals surface area contributed by atoms with Crippen LogP contribution < -0.4 is 14.4 Å². The average molecular weight is 767 g/mol. The summed E-state index contributed by atoms with van der Waals surface area (Å²) in [6.07, 6.45) is 11.9. The lowest BCUT2D eigenvalue weighted by Crippen LogP contribution is -2.23. The molecule has 53 heavy (non-hydrogen) atoms. The number of hydrogen-bond acceptors (Lipinski definition) is 5. The highest BCUT2D eigenvalue weighted by Gasteiger charge is 2.40. The van der Waals surface area contributed by atoms with E-state index in [0.29, 0.717) is 6.26 Å². The summed E-state index contributed by atoms with van der Waals surface area (Å²) >= 11 is 12.9. The van der Waals surface area contributed by atoms with E-state index in [2.05, 4.69) is 165 Å². The first-order valence-electron chi connectivity index (χ1n) is 17.6. The second-order valence-corrected chi connectivity index (χ2v) is 17.0. The largest absolute Gasteiger partial charge is 0.748 e. The van der Waals surface area contributed by atoms with Gasteiger partial charge in [0.05, 0.1) is 10.1 Å². The van der Waals surface area contributed by atoms with Crippen molar-refractivity contribution in [3.63, 3.8) is 0 Å². The summed E-state index contributed by atoms with van der Waals surface area (Å²) in [5.74, 6) is 0. The number of benzene rings is 4. The third-order valence-corrected chi connectivity index (χ3v) is 10.9. The molecule has 1 fully saturated rings. The van der Waals surface area contributed by atoms with Crippen LogP contribution in [0.25, 0.3) is 0 Å². The maximum Gasteiger partial charge on any atom is 0.218 e. The molecule has 0 aromatic heterocycles. The Morgan fingerprint density at radius 2 is 1.00 bits per heavy atom. The van der Waals surface area contributed by atoms with Gasteiger partial charge in [-0.05, 0) is 72.5 Å². The van der Waals surface area contributed by atoms with E-state index in [1.54, 1.807) is 0 Å². The van der Waals surface area contributed by atoms with Crippen molar-refractivity contribution >= 4 is 61.8 Å². The zero-order valence-electron chi connectivity index (χ0n) is 31.2. The number of allylic oxidation sites excluding steroid dienone is 8. The smallest absolute Gasteiger partial charge is 0.218 e. The lowest BCUT2D eigenvalue weighted by molar-refractivity contribution is 0.470. The van der Waals surface area contributed by atoms with E-state index in [-0.39, 0.29) is 10.8 Å². The molecule has 9 heteroatoms. The molecule has 274 valence electrons. The Morgan fingerprint density at radius 3 is 1.36 bits per heavy atom. The molecular formula is C44H45Cl2N3O3S. The van der Waals surface area contributed by atoms with Crippen molar-refractivity contribution in [3.8, 4) is 0 Å². The van der Waals surface area contributed by atoms with Gasteiger partial charge < -0.3 is 14.4 Å². The van der Waals surface area contributed by atoms with Crippen LogP contribution in [0.4, 0.5) is 22.7 Å². The highest BCUT2D eigenvalue weighted by molar-refractivity contribution is 7.84. The van der Waals surface area contributed by atoms with Crippen molar-refractivity contribution in [2.45, 2.75) is 51.4 Å². The first kappa shape index (κ1) is 38.3. The molecule has 0 bridgehead atoms. The second kappa shape index (κ2) is 14.8. The van der Waals surface area contributed by atoms with Gasteiger partial charge in [0.25, 0.3) is 0 Å². The van der Waals surface area contributed by atoms with Crippen molar-refractivity contribution in [1.29, 1.82) is 0 Å². The fraction of sp³-hybridized carbons (Fsp3) is 0.250. The van der Waals surface area contributed by atoms with Crippen LogP contribution in [0.2, 0.25) is 10.0 Å². The number of anilines is 2. The molecule has 0 spiro atoms. The van der Waals surface area contributed by atoms with Crippen LogP contribution in [-0.4, -0.2) is 39.0 Å². The van der Waals surface area contributed by atoms with E-state index in [9.17, 15) is 0 Å². The summed E-state index contributed by atoms with van der Waals surface area (Å²) in [7, 11) is 0.405. The summed E-state index contributed by atoms with van der Waals surface area (Å²) in [6.45, 7) is 9.16. The van der Waals surface area contributed by atoms with Crippen molar-refractivity contribution in [2.24, 2.45) is 0 Å². The Labute approximate surface area is 324 Å². The molecule has 6 nitrogen and oxygen atoms in total. The standard InChI is InChI=1S/C43H42Cl2N3.CH4O3S/c1-42(2)35-27-31(44)21-23-37(35)46(5)39(42)25-19-29-17-18-30(20-26-40-43(3,4)36-28-32(45)22-24-38(36)47(40)6)41(29)48(33-13-9-7-10-14-33)34-15-11-8-12-16-34;1-5(2,3)4/h7-16,19-28H,17-18H2,1-6H3;1H3,(H,2,3,4)/q+1;/p-1. The SMILES string of the molecule is CN1C(=CC=C2CCC(=C/C=C3/N(C)c4ccc(Cl)cc4C3(C)C)C2=[N+](c2ccccc2)c2ccccc2)C(C)(C)c2cc(Cl)ccc21.CS(=O)(=O)[O-]. The Hall–Kier alpha value is -4.40. The van der Waals surface area contributed by atoms with Crippen molar-refractivity contribution in [2.75, 3.05) is 30.2 Å². The lowest BCUT2D eigenvalue weighted by atomic mass is 9.83. The van der Waals surface area contributed by atoms with Crippen LogP contribution in [0.5, 0.6) is 0 Å². The van der Waals surface area contributed by atoms with E-state index in [1.807, 2.05) is 12.1 Å². The van der Waals surface area contributed by atoms with Crippen molar-refractivity contribution in [3.05, 3.63) is 165 Å². The zero-order chi connectivity index (χ0) is 38.3. The van der Waals surface area contributed by atoms with Crippen LogP contribution in [-0.2, 0) is 20.9 Å². The number of fused-ring (bicyclic) bond motifs is 2. The lowest BCUT2D eigenvalue weighted by Gasteiger charge is -2.24. The molecule has 0 unspecified atom stereocenters. The maximum absolute atomic E-state index is 9.08. The summed E-state index contributed by atoms with van der Waals surface area (Å²) in [5.41, 5.74) is 13.2. The molecule has 1 aliphatic carbocycles. The highest BCUT2D eigenvalue weighted by Crippen LogP contribution is 2.49. The molecule has 0 radical (unpaired) electrons. The molecule has 0 atom stereocenters. The monoisotopic (exact) mass is 765 g/mol. The fourth-order valence-corrected chi connectivity index (χ4v) is 8.21. The first-order valence-corrected chi connectivity index (χ1v) is 20.1. The maximum atomic E-state index is 9.08. The van der Waals surface area contributed by atoms with Gasteiger partial charge in [-0.3, -0.25) is 0 Å². The van der Waals surface area contributed by atoms with Gasteiger partial charge in [-0.2, -0.15) is 4.58 Å². The number of hydrogen-bond donors (Lipinski definition) is 0. The van der Waals surface area contributed by atoms with Gasteiger partial charge in [0.15, 0.2) is 0 Å². The molecule has 2 heterocycles. The van der Waals surface area contributed by atoms with E-state index < -0.39 is 10.1 Å². The quantitative estimate of drug-likeness (QED) is 0.153. The minimum Gasteiger partial charge on any atom is -0.748 e.